The molecule has 1 N–H and O–H groups in total. The maximum Gasteiger partial charge on any atom is 0.247 e. The van der Waals surface area contributed by atoms with E-state index in [-0.39, 0.29) is 24.8 Å². The highest BCUT2D eigenvalue weighted by atomic mass is 16.5. The van der Waals surface area contributed by atoms with Crippen LogP contribution in [0.25, 0.3) is 11.5 Å². The largest absolute Gasteiger partial charge is 0.497 e. The van der Waals surface area contributed by atoms with Crippen LogP contribution >= 0.6 is 0 Å². The number of aromatic nitrogens is 2. The number of ether oxygens (including phenoxy) is 1. The van der Waals surface area contributed by atoms with Gasteiger partial charge in [0.2, 0.25) is 23.6 Å². The van der Waals surface area contributed by atoms with Crippen LogP contribution in [0, 0.1) is 0 Å². The average Bonchev–Trinajstić information content (AvgIpc) is 3.25. The van der Waals surface area contributed by atoms with E-state index in [1.165, 1.54) is 4.90 Å². The van der Waals surface area contributed by atoms with Gasteiger partial charge in [-0.25, -0.2) is 0 Å². The molecule has 0 radical (unpaired) electrons. The summed E-state index contributed by atoms with van der Waals surface area (Å²) in [7, 11) is 1.56. The van der Waals surface area contributed by atoms with Gasteiger partial charge in [-0.2, -0.15) is 0 Å². The first kappa shape index (κ1) is 21.0. The minimum atomic E-state index is -0.275. The Kier molecular flexibility index (Phi) is 7.15. The lowest BCUT2D eigenvalue weighted by molar-refractivity contribution is -0.134. The van der Waals surface area contributed by atoms with E-state index in [1.807, 2.05) is 37.3 Å². The molecule has 1 aromatic heterocycles. The van der Waals surface area contributed by atoms with Crippen LogP contribution < -0.4 is 10.1 Å². The third kappa shape index (κ3) is 5.66. The standard InChI is InChI=1S/C22H24N4O4/c1-3-26(15-19(27)23-17-10-7-11-18(14-17)29-2)21(28)13-12-20-24-25-22(30-20)16-8-5-4-6-9-16/h4-11,14H,3,12-13,15H2,1-2H3,(H,23,27). The molecule has 0 aliphatic rings. The van der Waals surface area contributed by atoms with Gasteiger partial charge in [0.15, 0.2) is 0 Å². The monoisotopic (exact) mass is 408 g/mol. The molecular weight excluding hydrogens is 384 g/mol. The number of carbonyl (C=O) groups excluding carboxylic acids is 2. The van der Waals surface area contributed by atoms with Crippen LogP contribution in [0.1, 0.15) is 19.2 Å². The smallest absolute Gasteiger partial charge is 0.247 e. The fourth-order valence-electron chi connectivity index (χ4n) is 2.88. The molecule has 2 amide bonds. The Labute approximate surface area is 174 Å². The molecule has 0 aliphatic heterocycles. The Balaban J connectivity index is 1.52. The summed E-state index contributed by atoms with van der Waals surface area (Å²) < 4.78 is 10.8. The van der Waals surface area contributed by atoms with Crippen molar-refractivity contribution in [1.82, 2.24) is 15.1 Å². The number of amides is 2. The van der Waals surface area contributed by atoms with Crippen molar-refractivity contribution in [2.45, 2.75) is 19.8 Å². The number of rotatable bonds is 9. The molecule has 8 heteroatoms. The van der Waals surface area contributed by atoms with Gasteiger partial charge in [0.25, 0.3) is 0 Å². The maximum absolute atomic E-state index is 12.5. The van der Waals surface area contributed by atoms with Crippen LogP contribution in [-0.4, -0.2) is 47.1 Å². The summed E-state index contributed by atoms with van der Waals surface area (Å²) in [5.41, 5.74) is 1.44. The van der Waals surface area contributed by atoms with Gasteiger partial charge in [-0.3, -0.25) is 9.59 Å². The Morgan fingerprint density at radius 3 is 2.63 bits per heavy atom. The van der Waals surface area contributed by atoms with Crippen molar-refractivity contribution in [3.63, 3.8) is 0 Å². The lowest BCUT2D eigenvalue weighted by Gasteiger charge is -2.20. The molecule has 1 heterocycles. The first-order valence-electron chi connectivity index (χ1n) is 9.68. The number of hydrogen-bond acceptors (Lipinski definition) is 6. The lowest BCUT2D eigenvalue weighted by atomic mass is 10.2. The Morgan fingerprint density at radius 2 is 1.90 bits per heavy atom. The number of benzene rings is 2. The van der Waals surface area contributed by atoms with Crippen LogP contribution in [0.3, 0.4) is 0 Å². The van der Waals surface area contributed by atoms with E-state index in [4.69, 9.17) is 9.15 Å². The fourth-order valence-corrected chi connectivity index (χ4v) is 2.88. The number of methoxy groups -OCH3 is 1. The van der Waals surface area contributed by atoms with Gasteiger partial charge >= 0.3 is 0 Å². The van der Waals surface area contributed by atoms with Crippen molar-refractivity contribution in [2.24, 2.45) is 0 Å². The molecule has 30 heavy (non-hydrogen) atoms. The summed E-state index contributed by atoms with van der Waals surface area (Å²) in [6, 6.07) is 16.5. The van der Waals surface area contributed by atoms with Gasteiger partial charge in [0, 0.05) is 36.7 Å². The summed E-state index contributed by atoms with van der Waals surface area (Å²) in [5.74, 6) is 1.02. The zero-order valence-corrected chi connectivity index (χ0v) is 17.0. The number of anilines is 1. The van der Waals surface area contributed by atoms with Crippen molar-refractivity contribution in [3.05, 3.63) is 60.5 Å². The second-order valence-electron chi connectivity index (χ2n) is 6.56. The summed E-state index contributed by atoms with van der Waals surface area (Å²) in [5, 5.41) is 10.8. The first-order chi connectivity index (χ1) is 14.6. The number of nitrogens with one attached hydrogen (secondary N) is 1. The van der Waals surface area contributed by atoms with Crippen LogP contribution in [0.5, 0.6) is 5.75 Å². The highest BCUT2D eigenvalue weighted by molar-refractivity contribution is 5.94. The Morgan fingerprint density at radius 1 is 1.10 bits per heavy atom. The van der Waals surface area contributed by atoms with Crippen molar-refractivity contribution < 1.29 is 18.7 Å². The normalized spacial score (nSPS) is 10.5. The Bertz CT molecular complexity index is 988. The van der Waals surface area contributed by atoms with E-state index >= 15 is 0 Å². The van der Waals surface area contributed by atoms with Gasteiger partial charge in [-0.1, -0.05) is 24.3 Å². The minimum Gasteiger partial charge on any atom is -0.497 e. The summed E-state index contributed by atoms with van der Waals surface area (Å²) >= 11 is 0. The summed E-state index contributed by atoms with van der Waals surface area (Å²) in [6.45, 7) is 2.21. The molecule has 3 aromatic rings. The molecule has 0 fully saturated rings. The number of aryl methyl sites for hydroxylation is 1. The molecule has 0 aliphatic carbocycles. The molecule has 0 unspecified atom stereocenters. The molecule has 0 atom stereocenters. The van der Waals surface area contributed by atoms with E-state index in [0.29, 0.717) is 36.2 Å². The van der Waals surface area contributed by atoms with Gasteiger partial charge in [-0.15, -0.1) is 10.2 Å². The van der Waals surface area contributed by atoms with E-state index in [9.17, 15) is 9.59 Å². The number of carbonyl (C=O) groups is 2. The fraction of sp³-hybridized carbons (Fsp3) is 0.273. The number of hydrogen-bond donors (Lipinski definition) is 1. The summed E-state index contributed by atoms with van der Waals surface area (Å²) in [4.78, 5) is 26.4. The molecular formula is C22H24N4O4. The molecule has 0 bridgehead atoms. The van der Waals surface area contributed by atoms with E-state index in [1.54, 1.807) is 31.4 Å². The van der Waals surface area contributed by atoms with Crippen LogP contribution in [0.2, 0.25) is 0 Å². The zero-order chi connectivity index (χ0) is 21.3. The predicted octanol–water partition coefficient (Wildman–Crippen LogP) is 3.17. The highest BCUT2D eigenvalue weighted by Crippen LogP contribution is 2.18. The van der Waals surface area contributed by atoms with Crippen LogP contribution in [-0.2, 0) is 16.0 Å². The molecule has 0 saturated heterocycles. The lowest BCUT2D eigenvalue weighted by Crippen LogP contribution is -2.38. The van der Waals surface area contributed by atoms with Gasteiger partial charge in [-0.05, 0) is 31.2 Å². The molecule has 0 saturated carbocycles. The predicted molar refractivity (Wildman–Crippen MR) is 112 cm³/mol. The quantitative estimate of drug-likeness (QED) is 0.584. The van der Waals surface area contributed by atoms with E-state index in [2.05, 4.69) is 15.5 Å². The van der Waals surface area contributed by atoms with Crippen molar-refractivity contribution in [1.29, 1.82) is 0 Å². The topological polar surface area (TPSA) is 97.6 Å². The average molecular weight is 408 g/mol. The van der Waals surface area contributed by atoms with E-state index in [0.717, 1.165) is 5.56 Å². The molecule has 3 rings (SSSR count). The van der Waals surface area contributed by atoms with E-state index < -0.39 is 0 Å². The highest BCUT2D eigenvalue weighted by Gasteiger charge is 2.17. The second-order valence-corrected chi connectivity index (χ2v) is 6.56. The number of likely N-dealkylation sites (N-methyl/N-ethyl adjacent to an activating group) is 1. The van der Waals surface area contributed by atoms with Crippen LogP contribution in [0.4, 0.5) is 5.69 Å². The van der Waals surface area contributed by atoms with Gasteiger partial charge in [0.1, 0.15) is 5.75 Å². The SMILES string of the molecule is CCN(CC(=O)Nc1cccc(OC)c1)C(=O)CCc1nnc(-c2ccccc2)o1. The van der Waals surface area contributed by atoms with Gasteiger partial charge in [0.05, 0.1) is 13.7 Å². The Hall–Kier alpha value is -3.68. The third-order valence-corrected chi connectivity index (χ3v) is 4.46. The first-order valence-corrected chi connectivity index (χ1v) is 9.68. The molecule has 2 aromatic carbocycles. The molecule has 156 valence electrons. The van der Waals surface area contributed by atoms with Crippen molar-refractivity contribution in [2.75, 3.05) is 25.5 Å². The minimum absolute atomic E-state index is 0.0361. The second kappa shape index (κ2) is 10.2. The third-order valence-electron chi connectivity index (χ3n) is 4.46. The number of nitrogens with zero attached hydrogens (tertiary/aromatic N) is 3. The zero-order valence-electron chi connectivity index (χ0n) is 17.0. The van der Waals surface area contributed by atoms with Gasteiger partial charge < -0.3 is 19.4 Å². The summed E-state index contributed by atoms with van der Waals surface area (Å²) in [6.07, 6.45) is 0.489. The van der Waals surface area contributed by atoms with Crippen molar-refractivity contribution >= 4 is 17.5 Å². The van der Waals surface area contributed by atoms with Crippen molar-refractivity contribution in [3.8, 4) is 17.2 Å². The molecule has 0 spiro atoms. The maximum atomic E-state index is 12.5. The van der Waals surface area contributed by atoms with Crippen LogP contribution in [0.15, 0.2) is 59.0 Å². The molecule has 8 nitrogen and oxygen atoms in total.